The maximum Gasteiger partial charge on any atom is 0.311 e. The first-order valence-corrected chi connectivity index (χ1v) is 4.92. The van der Waals surface area contributed by atoms with Crippen molar-refractivity contribution in [3.8, 4) is 0 Å². The van der Waals surface area contributed by atoms with Crippen LogP contribution in [0.25, 0.3) is 0 Å². The zero-order valence-electron chi connectivity index (χ0n) is 8.56. The fourth-order valence-electron chi connectivity index (χ4n) is 1.66. The molecule has 74 valence electrons. The summed E-state index contributed by atoms with van der Waals surface area (Å²) >= 11 is 0. The first-order chi connectivity index (χ1) is 6.08. The predicted molar refractivity (Wildman–Crippen MR) is 52.3 cm³/mol. The monoisotopic (exact) mass is 182 g/mol. The molecule has 0 bridgehead atoms. The second-order valence-electron chi connectivity index (χ2n) is 4.03. The molecule has 1 fully saturated rings. The Morgan fingerprint density at radius 3 is 2.54 bits per heavy atom. The maximum atomic E-state index is 11.6. The summed E-state index contributed by atoms with van der Waals surface area (Å²) in [5, 5.41) is 0. The molecule has 0 radical (unpaired) electrons. The van der Waals surface area contributed by atoms with Crippen molar-refractivity contribution >= 4 is 5.97 Å². The first kappa shape index (κ1) is 10.3. The summed E-state index contributed by atoms with van der Waals surface area (Å²) in [5.41, 5.74) is 1.01. The molecule has 2 heteroatoms. The average molecular weight is 182 g/mol. The van der Waals surface area contributed by atoms with Crippen LogP contribution in [-0.4, -0.2) is 12.6 Å². The topological polar surface area (TPSA) is 26.3 Å². The van der Waals surface area contributed by atoms with Gasteiger partial charge in [0.1, 0.15) is 0 Å². The Morgan fingerprint density at radius 1 is 1.54 bits per heavy atom. The van der Waals surface area contributed by atoms with Crippen LogP contribution in [0, 0.1) is 5.41 Å². The number of rotatable bonds is 2. The third-order valence-corrected chi connectivity index (χ3v) is 2.83. The van der Waals surface area contributed by atoms with Crippen LogP contribution in [0.2, 0.25) is 0 Å². The minimum absolute atomic E-state index is 0.0394. The summed E-state index contributed by atoms with van der Waals surface area (Å²) in [5.74, 6) is -0.0394. The second-order valence-corrected chi connectivity index (χ2v) is 4.03. The molecule has 0 amide bonds. The van der Waals surface area contributed by atoms with Crippen LogP contribution in [0.5, 0.6) is 0 Å². The summed E-state index contributed by atoms with van der Waals surface area (Å²) in [6, 6.07) is 0. The molecule has 0 unspecified atom stereocenters. The SMILES string of the molecule is C=C1CCC(C)(C(=O)OCC)CC1. The summed E-state index contributed by atoms with van der Waals surface area (Å²) < 4.78 is 5.05. The van der Waals surface area contributed by atoms with Gasteiger partial charge in [-0.25, -0.2) is 0 Å². The van der Waals surface area contributed by atoms with E-state index in [2.05, 4.69) is 6.58 Å². The van der Waals surface area contributed by atoms with Gasteiger partial charge in [0.2, 0.25) is 0 Å². The molecule has 0 aliphatic heterocycles. The lowest BCUT2D eigenvalue weighted by atomic mass is 9.74. The van der Waals surface area contributed by atoms with Crippen molar-refractivity contribution in [1.82, 2.24) is 0 Å². The van der Waals surface area contributed by atoms with Crippen LogP contribution in [0.15, 0.2) is 12.2 Å². The lowest BCUT2D eigenvalue weighted by Gasteiger charge is -2.31. The van der Waals surface area contributed by atoms with E-state index in [4.69, 9.17) is 4.74 Å². The molecule has 1 saturated carbocycles. The van der Waals surface area contributed by atoms with Crippen molar-refractivity contribution < 1.29 is 9.53 Å². The fourth-order valence-corrected chi connectivity index (χ4v) is 1.66. The predicted octanol–water partition coefficient (Wildman–Crippen LogP) is 2.69. The summed E-state index contributed by atoms with van der Waals surface area (Å²) in [6.07, 6.45) is 3.72. The third-order valence-electron chi connectivity index (χ3n) is 2.83. The van der Waals surface area contributed by atoms with Crippen molar-refractivity contribution in [3.63, 3.8) is 0 Å². The largest absolute Gasteiger partial charge is 0.466 e. The summed E-state index contributed by atoms with van der Waals surface area (Å²) in [7, 11) is 0. The first-order valence-electron chi connectivity index (χ1n) is 4.92. The van der Waals surface area contributed by atoms with Gasteiger partial charge in [-0.15, -0.1) is 0 Å². The molecule has 0 aromatic carbocycles. The molecular formula is C11H18O2. The van der Waals surface area contributed by atoms with Crippen LogP contribution < -0.4 is 0 Å². The molecule has 0 spiro atoms. The molecule has 2 nitrogen and oxygen atoms in total. The van der Waals surface area contributed by atoms with Gasteiger partial charge in [0.05, 0.1) is 12.0 Å². The van der Waals surface area contributed by atoms with E-state index in [0.29, 0.717) is 6.61 Å². The highest BCUT2D eigenvalue weighted by Gasteiger charge is 2.36. The smallest absolute Gasteiger partial charge is 0.311 e. The Bertz CT molecular complexity index is 208. The second kappa shape index (κ2) is 3.95. The quantitative estimate of drug-likeness (QED) is 0.485. The van der Waals surface area contributed by atoms with Crippen LogP contribution in [0.1, 0.15) is 39.5 Å². The van der Waals surface area contributed by atoms with Gasteiger partial charge < -0.3 is 4.74 Å². The van der Waals surface area contributed by atoms with E-state index in [-0.39, 0.29) is 11.4 Å². The number of carbonyl (C=O) groups excluding carboxylic acids is 1. The summed E-state index contributed by atoms with van der Waals surface area (Å²) in [4.78, 5) is 11.6. The third kappa shape index (κ3) is 2.33. The molecule has 0 aromatic heterocycles. The molecule has 0 heterocycles. The number of ether oxygens (including phenoxy) is 1. The Hall–Kier alpha value is -0.790. The van der Waals surface area contributed by atoms with E-state index in [1.165, 1.54) is 5.57 Å². The summed E-state index contributed by atoms with van der Waals surface area (Å²) in [6.45, 7) is 8.26. The van der Waals surface area contributed by atoms with Crippen LogP contribution in [0.3, 0.4) is 0 Å². The van der Waals surface area contributed by atoms with Crippen LogP contribution in [0.4, 0.5) is 0 Å². The lowest BCUT2D eigenvalue weighted by Crippen LogP contribution is -2.32. The van der Waals surface area contributed by atoms with E-state index >= 15 is 0 Å². The highest BCUT2D eigenvalue weighted by Crippen LogP contribution is 2.38. The van der Waals surface area contributed by atoms with Crippen LogP contribution >= 0.6 is 0 Å². The molecule has 1 rings (SSSR count). The normalized spacial score (nSPS) is 21.2. The van der Waals surface area contributed by atoms with Gasteiger partial charge in [0, 0.05) is 0 Å². The molecule has 0 aromatic rings. The van der Waals surface area contributed by atoms with Gasteiger partial charge in [-0.3, -0.25) is 4.79 Å². The Kier molecular flexibility index (Phi) is 3.12. The minimum atomic E-state index is -0.253. The number of hydrogen-bond donors (Lipinski definition) is 0. The molecule has 0 atom stereocenters. The van der Waals surface area contributed by atoms with E-state index in [9.17, 15) is 4.79 Å². The molecule has 1 aliphatic rings. The van der Waals surface area contributed by atoms with Crippen LogP contribution in [-0.2, 0) is 9.53 Å². The molecule has 0 N–H and O–H groups in total. The molecule has 1 aliphatic carbocycles. The van der Waals surface area contributed by atoms with Crippen molar-refractivity contribution in [3.05, 3.63) is 12.2 Å². The zero-order valence-corrected chi connectivity index (χ0v) is 8.56. The van der Waals surface area contributed by atoms with Crippen molar-refractivity contribution in [2.75, 3.05) is 6.61 Å². The fraction of sp³-hybridized carbons (Fsp3) is 0.727. The van der Waals surface area contributed by atoms with Crippen molar-refractivity contribution in [1.29, 1.82) is 0 Å². The van der Waals surface area contributed by atoms with Gasteiger partial charge in [-0.05, 0) is 39.5 Å². The molecule has 0 saturated heterocycles. The van der Waals surface area contributed by atoms with Gasteiger partial charge in [0.25, 0.3) is 0 Å². The van der Waals surface area contributed by atoms with E-state index in [0.717, 1.165) is 25.7 Å². The molecule has 13 heavy (non-hydrogen) atoms. The Balaban J connectivity index is 2.56. The zero-order chi connectivity index (χ0) is 9.90. The van der Waals surface area contributed by atoms with Crippen molar-refractivity contribution in [2.45, 2.75) is 39.5 Å². The van der Waals surface area contributed by atoms with Gasteiger partial charge in [0.15, 0.2) is 0 Å². The maximum absolute atomic E-state index is 11.6. The van der Waals surface area contributed by atoms with Crippen molar-refractivity contribution in [2.24, 2.45) is 5.41 Å². The van der Waals surface area contributed by atoms with Gasteiger partial charge in [-0.2, -0.15) is 0 Å². The number of allylic oxidation sites excluding steroid dienone is 1. The van der Waals surface area contributed by atoms with E-state index < -0.39 is 0 Å². The Labute approximate surface area is 80.0 Å². The highest BCUT2D eigenvalue weighted by atomic mass is 16.5. The Morgan fingerprint density at radius 2 is 2.08 bits per heavy atom. The minimum Gasteiger partial charge on any atom is -0.466 e. The molecular weight excluding hydrogens is 164 g/mol. The highest BCUT2D eigenvalue weighted by molar-refractivity contribution is 5.76. The average Bonchev–Trinajstić information content (AvgIpc) is 2.11. The van der Waals surface area contributed by atoms with E-state index in [1.807, 2.05) is 13.8 Å². The standard InChI is InChI=1S/C11H18O2/c1-4-13-10(12)11(3)7-5-9(2)6-8-11/h2,4-8H2,1,3H3. The number of hydrogen-bond acceptors (Lipinski definition) is 2. The number of esters is 1. The number of carbonyl (C=O) groups is 1. The lowest BCUT2D eigenvalue weighted by molar-refractivity contribution is -0.155. The van der Waals surface area contributed by atoms with Gasteiger partial charge >= 0.3 is 5.97 Å². The van der Waals surface area contributed by atoms with E-state index in [1.54, 1.807) is 0 Å². The van der Waals surface area contributed by atoms with Gasteiger partial charge in [-0.1, -0.05) is 12.2 Å².